The van der Waals surface area contributed by atoms with Crippen LogP contribution in [0.15, 0.2) is 52.3 Å². The molecule has 0 aliphatic carbocycles. The molecule has 0 radical (unpaired) electrons. The van der Waals surface area contributed by atoms with Crippen LogP contribution in [0.25, 0.3) is 0 Å². The van der Waals surface area contributed by atoms with Crippen LogP contribution in [0.3, 0.4) is 0 Å². The molecule has 2 aromatic rings. The van der Waals surface area contributed by atoms with Crippen LogP contribution in [0, 0.1) is 0 Å². The first-order valence-electron chi connectivity index (χ1n) is 7.34. The molecule has 27 heavy (non-hydrogen) atoms. The fraction of sp³-hybridized carbons (Fsp3) is 0.188. The number of carbonyl (C=O) groups excluding carboxylic acids is 1. The Bertz CT molecular complexity index is 818. The van der Waals surface area contributed by atoms with Gasteiger partial charge >= 0.3 is 12.2 Å². The van der Waals surface area contributed by atoms with Crippen LogP contribution >= 0.6 is 11.8 Å². The monoisotopic (exact) mass is 398 g/mol. The molecule has 0 aliphatic heterocycles. The molecule has 0 saturated heterocycles. The zero-order valence-electron chi connectivity index (χ0n) is 14.0. The lowest BCUT2D eigenvalue weighted by Gasteiger charge is -2.35. The van der Waals surface area contributed by atoms with Gasteiger partial charge in [0, 0.05) is 15.5 Å². The Balaban J connectivity index is 2.56. The van der Waals surface area contributed by atoms with Gasteiger partial charge in [-0.15, -0.1) is 0 Å². The van der Waals surface area contributed by atoms with Crippen molar-refractivity contribution in [1.82, 2.24) is 4.90 Å². The predicted molar refractivity (Wildman–Crippen MR) is 92.9 cm³/mol. The Morgan fingerprint density at radius 1 is 1.00 bits per heavy atom. The highest BCUT2D eigenvalue weighted by Crippen LogP contribution is 2.36. The van der Waals surface area contributed by atoms with Crippen molar-refractivity contribution in [2.45, 2.75) is 22.0 Å². The predicted octanol–water partition coefficient (Wildman–Crippen LogP) is -0.953. The number of nitrogen functional groups attached to an aromatic ring is 1. The maximum atomic E-state index is 12.7. The van der Waals surface area contributed by atoms with Crippen LogP contribution < -0.4 is 10.5 Å². The van der Waals surface area contributed by atoms with E-state index < -0.39 is 23.0 Å². The van der Waals surface area contributed by atoms with Gasteiger partial charge in [-0.1, -0.05) is 23.9 Å². The van der Waals surface area contributed by atoms with Crippen molar-refractivity contribution in [1.29, 1.82) is 0 Å². The molecule has 0 fully saturated rings. The number of carbonyl (C=O) groups is 1. The number of nitrogens with two attached hydrogens (primary N) is 1. The van der Waals surface area contributed by atoms with Gasteiger partial charge in [0.1, 0.15) is 5.75 Å². The summed E-state index contributed by atoms with van der Waals surface area (Å²) in [5, 5.41) is 55.6. The first-order valence-corrected chi connectivity index (χ1v) is 8.16. The van der Waals surface area contributed by atoms with Gasteiger partial charge in [0.2, 0.25) is 0 Å². The van der Waals surface area contributed by atoms with E-state index in [2.05, 4.69) is 0 Å². The fourth-order valence-corrected chi connectivity index (χ4v) is 3.14. The van der Waals surface area contributed by atoms with Crippen molar-refractivity contribution >= 4 is 23.4 Å². The van der Waals surface area contributed by atoms with Crippen molar-refractivity contribution < 1.29 is 40.2 Å². The van der Waals surface area contributed by atoms with E-state index in [0.717, 1.165) is 17.8 Å². The molecule has 0 saturated carbocycles. The van der Waals surface area contributed by atoms with Gasteiger partial charge in [-0.2, -0.15) is 4.90 Å². The van der Waals surface area contributed by atoms with Gasteiger partial charge in [-0.3, -0.25) is 4.79 Å². The van der Waals surface area contributed by atoms with Gasteiger partial charge < -0.3 is 41.1 Å². The van der Waals surface area contributed by atoms with Crippen molar-refractivity contribution in [2.24, 2.45) is 0 Å². The summed E-state index contributed by atoms with van der Waals surface area (Å²) in [6, 6.07) is 10.8. The van der Waals surface area contributed by atoms with Gasteiger partial charge in [-0.25, -0.2) is 0 Å². The molecule has 146 valence electrons. The van der Waals surface area contributed by atoms with Crippen LogP contribution in [-0.4, -0.2) is 60.8 Å². The average Bonchev–Trinajstić information content (AvgIpc) is 2.54. The third-order valence-electron chi connectivity index (χ3n) is 3.36. The summed E-state index contributed by atoms with van der Waals surface area (Å²) in [5.74, 6) is -1.35. The van der Waals surface area contributed by atoms with Gasteiger partial charge in [0.05, 0.1) is 12.7 Å². The van der Waals surface area contributed by atoms with Gasteiger partial charge in [0.25, 0.3) is 5.91 Å². The molecule has 0 aliphatic rings. The van der Waals surface area contributed by atoms with E-state index in [0.29, 0.717) is 10.6 Å². The highest BCUT2D eigenvalue weighted by molar-refractivity contribution is 7.99. The number of amides is 1. The van der Waals surface area contributed by atoms with Crippen LogP contribution in [0.1, 0.15) is 10.4 Å². The lowest BCUT2D eigenvalue weighted by molar-refractivity contribution is -0.491. The number of aliphatic hydroxyl groups is 6. The Morgan fingerprint density at radius 2 is 1.59 bits per heavy atom. The molecular formula is C16H18N2O8S. The Labute approximate surface area is 157 Å². The van der Waals surface area contributed by atoms with E-state index >= 15 is 0 Å². The number of rotatable bonds is 6. The first-order chi connectivity index (χ1) is 12.4. The zero-order chi connectivity index (χ0) is 20.4. The molecule has 0 atom stereocenters. The van der Waals surface area contributed by atoms with E-state index in [4.69, 9.17) is 10.5 Å². The van der Waals surface area contributed by atoms with E-state index in [9.17, 15) is 35.4 Å². The van der Waals surface area contributed by atoms with E-state index in [1.165, 1.54) is 19.2 Å². The molecule has 10 nitrogen and oxygen atoms in total. The molecule has 8 N–H and O–H groups in total. The number of para-hydroxylation sites is 1. The second-order valence-electron chi connectivity index (χ2n) is 5.34. The summed E-state index contributed by atoms with van der Waals surface area (Å²) in [5.41, 5.74) is 5.92. The fourth-order valence-electron chi connectivity index (χ4n) is 2.18. The third-order valence-corrected chi connectivity index (χ3v) is 4.53. The number of hydrogen-bond donors (Lipinski definition) is 7. The minimum atomic E-state index is -4.08. The largest absolute Gasteiger partial charge is 0.497 e. The molecule has 2 aromatic carbocycles. The molecule has 2 rings (SSSR count). The molecule has 0 spiro atoms. The quantitative estimate of drug-likeness (QED) is 0.237. The lowest BCUT2D eigenvalue weighted by atomic mass is 10.2. The SMILES string of the molecule is COc1ccc(Sc2ccccc2N)c(C(=O)N(C(O)(O)O)C(O)(O)O)c1. The second-order valence-corrected chi connectivity index (χ2v) is 6.43. The standard InChI is InChI=1S/C16H18N2O8S/c1-26-9-6-7-12(27-13-5-3-2-4-11(13)17)10(8-9)14(19)18(15(20,21)22)16(23,24)25/h2-8,20-25H,17H2,1H3. The highest BCUT2D eigenvalue weighted by atomic mass is 32.2. The number of ether oxygens (including phenoxy) is 1. The van der Waals surface area contributed by atoms with Crippen molar-refractivity contribution in [3.8, 4) is 5.75 Å². The maximum absolute atomic E-state index is 12.7. The second kappa shape index (κ2) is 7.70. The third kappa shape index (κ3) is 4.87. The number of benzene rings is 2. The Kier molecular flexibility index (Phi) is 5.97. The van der Waals surface area contributed by atoms with Crippen molar-refractivity contribution in [3.63, 3.8) is 0 Å². The summed E-state index contributed by atoms with van der Waals surface area (Å²) in [6.45, 7) is 0. The summed E-state index contributed by atoms with van der Waals surface area (Å²) in [7, 11) is 1.31. The minimum absolute atomic E-state index is 0.169. The smallest absolute Gasteiger partial charge is 0.378 e. The molecule has 1 amide bonds. The first kappa shape index (κ1) is 20.9. The van der Waals surface area contributed by atoms with Gasteiger partial charge in [0.15, 0.2) is 0 Å². The van der Waals surface area contributed by atoms with Crippen LogP contribution in [0.4, 0.5) is 5.69 Å². The number of methoxy groups -OCH3 is 1. The molecule has 11 heteroatoms. The van der Waals surface area contributed by atoms with E-state index in [-0.39, 0.29) is 16.2 Å². The normalized spacial score (nSPS) is 12.0. The van der Waals surface area contributed by atoms with Crippen molar-refractivity contribution in [2.75, 3.05) is 12.8 Å². The summed E-state index contributed by atoms with van der Waals surface area (Å²) >= 11 is 1.01. The molecule has 0 aromatic heterocycles. The van der Waals surface area contributed by atoms with Crippen LogP contribution in [0.5, 0.6) is 5.75 Å². The molecular weight excluding hydrogens is 380 g/mol. The maximum Gasteiger partial charge on any atom is 0.378 e. The topological polar surface area (TPSA) is 177 Å². The number of hydrogen-bond acceptors (Lipinski definition) is 10. The van der Waals surface area contributed by atoms with Crippen molar-refractivity contribution in [3.05, 3.63) is 48.0 Å². The Morgan fingerprint density at radius 3 is 2.11 bits per heavy atom. The highest BCUT2D eigenvalue weighted by Gasteiger charge is 2.48. The van der Waals surface area contributed by atoms with E-state index in [1.807, 2.05) is 0 Å². The minimum Gasteiger partial charge on any atom is -0.497 e. The van der Waals surface area contributed by atoms with E-state index in [1.54, 1.807) is 24.3 Å². The number of nitrogens with zero attached hydrogens (tertiary/aromatic N) is 1. The molecule has 0 bridgehead atoms. The molecule has 0 unspecified atom stereocenters. The van der Waals surface area contributed by atoms with Gasteiger partial charge in [-0.05, 0) is 30.3 Å². The van der Waals surface area contributed by atoms with Crippen LogP contribution in [-0.2, 0) is 0 Å². The summed E-state index contributed by atoms with van der Waals surface area (Å²) < 4.78 is 5.01. The van der Waals surface area contributed by atoms with Crippen LogP contribution in [0.2, 0.25) is 0 Å². The zero-order valence-corrected chi connectivity index (χ0v) is 14.8. The lowest BCUT2D eigenvalue weighted by Crippen LogP contribution is -2.63. The summed E-state index contributed by atoms with van der Waals surface area (Å²) in [4.78, 5) is 12.7. The summed E-state index contributed by atoms with van der Waals surface area (Å²) in [6.07, 6.45) is -8.15. The average molecular weight is 398 g/mol. The molecule has 0 heterocycles. The Hall–Kier alpha value is -2.38. The number of anilines is 1.